The summed E-state index contributed by atoms with van der Waals surface area (Å²) in [4.78, 5) is 15.4. The number of benzene rings is 1. The van der Waals surface area contributed by atoms with E-state index >= 15 is 0 Å². The Morgan fingerprint density at radius 1 is 1.29 bits per heavy atom. The molecule has 0 radical (unpaired) electrons. The van der Waals surface area contributed by atoms with Gasteiger partial charge in [0.2, 0.25) is 5.91 Å². The summed E-state index contributed by atoms with van der Waals surface area (Å²) in [5.41, 5.74) is 7.69. The first-order valence-electron chi connectivity index (χ1n) is 5.80. The second-order valence-electron chi connectivity index (χ2n) is 4.28. The van der Waals surface area contributed by atoms with Gasteiger partial charge in [-0.3, -0.25) is 9.69 Å². The Morgan fingerprint density at radius 3 is 2.53 bits per heavy atom. The van der Waals surface area contributed by atoms with Gasteiger partial charge >= 0.3 is 0 Å². The maximum absolute atomic E-state index is 11.7. The molecule has 0 aromatic heterocycles. The quantitative estimate of drug-likeness (QED) is 0.780. The molecule has 1 rings (SSSR count). The van der Waals surface area contributed by atoms with Gasteiger partial charge in [0, 0.05) is 25.8 Å². The van der Waals surface area contributed by atoms with Gasteiger partial charge in [0.05, 0.1) is 6.54 Å². The largest absolute Gasteiger partial charge is 0.398 e. The third-order valence-corrected chi connectivity index (χ3v) is 2.80. The highest BCUT2D eigenvalue weighted by molar-refractivity contribution is 5.77. The Balaban J connectivity index is 2.53. The van der Waals surface area contributed by atoms with Crippen LogP contribution in [-0.4, -0.2) is 42.9 Å². The summed E-state index contributed by atoms with van der Waals surface area (Å²) >= 11 is 0. The molecule has 0 aliphatic rings. The lowest BCUT2D eigenvalue weighted by Gasteiger charge is -2.21. The zero-order chi connectivity index (χ0) is 12.8. The fourth-order valence-corrected chi connectivity index (χ4v) is 1.55. The van der Waals surface area contributed by atoms with Crippen LogP contribution in [0.1, 0.15) is 12.5 Å². The number of nitrogens with two attached hydrogens (primary N) is 1. The highest BCUT2D eigenvalue weighted by atomic mass is 16.2. The fourth-order valence-electron chi connectivity index (χ4n) is 1.55. The molecule has 1 aromatic carbocycles. The molecule has 0 aliphatic heterocycles. The lowest BCUT2D eigenvalue weighted by molar-refractivity contribution is -0.130. The summed E-state index contributed by atoms with van der Waals surface area (Å²) in [5, 5.41) is 0. The molecule has 1 aromatic rings. The summed E-state index contributed by atoms with van der Waals surface area (Å²) in [6.45, 7) is 3.81. The van der Waals surface area contributed by atoms with Crippen LogP contribution in [0.4, 0.5) is 5.69 Å². The Morgan fingerprint density at radius 2 is 1.94 bits per heavy atom. The molecule has 0 heterocycles. The number of carbonyl (C=O) groups is 1. The number of para-hydroxylation sites is 1. The number of hydrogen-bond donors (Lipinski definition) is 1. The highest BCUT2D eigenvalue weighted by Gasteiger charge is 2.11. The van der Waals surface area contributed by atoms with Crippen LogP contribution in [0.25, 0.3) is 0 Å². The SMILES string of the molecule is CCN(C)C(=O)CN(C)Cc1ccccc1N. The number of anilines is 1. The van der Waals surface area contributed by atoms with Gasteiger partial charge in [-0.25, -0.2) is 0 Å². The number of amides is 1. The van der Waals surface area contributed by atoms with Crippen molar-refractivity contribution in [3.8, 4) is 0 Å². The second kappa shape index (κ2) is 6.25. The van der Waals surface area contributed by atoms with E-state index in [-0.39, 0.29) is 5.91 Å². The van der Waals surface area contributed by atoms with Crippen molar-refractivity contribution >= 4 is 11.6 Å². The standard InChI is InChI=1S/C13H21N3O/c1-4-16(3)13(17)10-15(2)9-11-7-5-6-8-12(11)14/h5-8H,4,9-10,14H2,1-3H3. The van der Waals surface area contributed by atoms with Crippen LogP contribution < -0.4 is 5.73 Å². The smallest absolute Gasteiger partial charge is 0.236 e. The third kappa shape index (κ3) is 4.07. The zero-order valence-corrected chi connectivity index (χ0v) is 10.8. The lowest BCUT2D eigenvalue weighted by Crippen LogP contribution is -2.36. The molecule has 0 spiro atoms. The van der Waals surface area contributed by atoms with E-state index in [0.29, 0.717) is 13.1 Å². The normalized spacial score (nSPS) is 10.6. The molecule has 0 unspecified atom stereocenters. The third-order valence-electron chi connectivity index (χ3n) is 2.80. The molecule has 0 fully saturated rings. The van der Waals surface area contributed by atoms with Crippen molar-refractivity contribution in [2.45, 2.75) is 13.5 Å². The fraction of sp³-hybridized carbons (Fsp3) is 0.462. The Bertz CT molecular complexity index is 379. The van der Waals surface area contributed by atoms with Gasteiger partial charge in [0.15, 0.2) is 0 Å². The number of hydrogen-bond acceptors (Lipinski definition) is 3. The van der Waals surface area contributed by atoms with Gasteiger partial charge in [-0.2, -0.15) is 0 Å². The van der Waals surface area contributed by atoms with E-state index in [2.05, 4.69) is 0 Å². The van der Waals surface area contributed by atoms with Gasteiger partial charge in [0.1, 0.15) is 0 Å². The van der Waals surface area contributed by atoms with Crippen molar-refractivity contribution in [1.29, 1.82) is 0 Å². The molecule has 0 aliphatic carbocycles. The molecular weight excluding hydrogens is 214 g/mol. The molecule has 0 bridgehead atoms. The minimum absolute atomic E-state index is 0.129. The topological polar surface area (TPSA) is 49.6 Å². The molecule has 0 saturated heterocycles. The zero-order valence-electron chi connectivity index (χ0n) is 10.8. The van der Waals surface area contributed by atoms with E-state index in [1.54, 1.807) is 4.90 Å². The van der Waals surface area contributed by atoms with Gasteiger partial charge < -0.3 is 10.6 Å². The minimum Gasteiger partial charge on any atom is -0.398 e. The van der Waals surface area contributed by atoms with Crippen LogP contribution in [0.2, 0.25) is 0 Å². The van der Waals surface area contributed by atoms with Crippen LogP contribution in [0, 0.1) is 0 Å². The van der Waals surface area contributed by atoms with E-state index in [1.165, 1.54) is 0 Å². The first-order chi connectivity index (χ1) is 8.04. The van der Waals surface area contributed by atoms with E-state index in [9.17, 15) is 4.79 Å². The maximum atomic E-state index is 11.7. The summed E-state index contributed by atoms with van der Waals surface area (Å²) in [5.74, 6) is 0.129. The maximum Gasteiger partial charge on any atom is 0.236 e. The van der Waals surface area contributed by atoms with Crippen molar-refractivity contribution in [2.75, 3.05) is 32.9 Å². The number of likely N-dealkylation sites (N-methyl/N-ethyl adjacent to an activating group) is 2. The van der Waals surface area contributed by atoms with Crippen LogP contribution >= 0.6 is 0 Å². The summed E-state index contributed by atoms with van der Waals surface area (Å²) in [7, 11) is 3.74. The van der Waals surface area contributed by atoms with E-state index in [0.717, 1.165) is 17.8 Å². The predicted molar refractivity (Wildman–Crippen MR) is 70.5 cm³/mol. The molecule has 4 nitrogen and oxygen atoms in total. The second-order valence-corrected chi connectivity index (χ2v) is 4.28. The van der Waals surface area contributed by atoms with Crippen molar-refractivity contribution in [2.24, 2.45) is 0 Å². The van der Waals surface area contributed by atoms with Gasteiger partial charge in [-0.1, -0.05) is 18.2 Å². The number of carbonyl (C=O) groups excluding carboxylic acids is 1. The Hall–Kier alpha value is -1.55. The Labute approximate surface area is 103 Å². The van der Waals surface area contributed by atoms with E-state index in [4.69, 9.17) is 5.73 Å². The van der Waals surface area contributed by atoms with Gasteiger partial charge in [0.25, 0.3) is 0 Å². The van der Waals surface area contributed by atoms with Crippen molar-refractivity contribution < 1.29 is 4.79 Å². The Kier molecular flexibility index (Phi) is 4.97. The highest BCUT2D eigenvalue weighted by Crippen LogP contribution is 2.12. The lowest BCUT2D eigenvalue weighted by atomic mass is 10.2. The molecule has 0 atom stereocenters. The minimum atomic E-state index is 0.129. The summed E-state index contributed by atoms with van der Waals surface area (Å²) in [6.07, 6.45) is 0. The van der Waals surface area contributed by atoms with Crippen molar-refractivity contribution in [1.82, 2.24) is 9.80 Å². The van der Waals surface area contributed by atoms with Crippen molar-refractivity contribution in [3.05, 3.63) is 29.8 Å². The van der Waals surface area contributed by atoms with Crippen LogP contribution in [0.15, 0.2) is 24.3 Å². The van der Waals surface area contributed by atoms with Gasteiger partial charge in [-0.15, -0.1) is 0 Å². The van der Waals surface area contributed by atoms with Crippen LogP contribution in [0.3, 0.4) is 0 Å². The first kappa shape index (κ1) is 13.5. The number of nitrogens with zero attached hydrogens (tertiary/aromatic N) is 2. The van der Waals surface area contributed by atoms with Crippen molar-refractivity contribution in [3.63, 3.8) is 0 Å². The summed E-state index contributed by atoms with van der Waals surface area (Å²) < 4.78 is 0. The number of rotatable bonds is 5. The molecule has 1 amide bonds. The van der Waals surface area contributed by atoms with E-state index in [1.807, 2.05) is 50.2 Å². The average Bonchev–Trinajstić information content (AvgIpc) is 2.31. The summed E-state index contributed by atoms with van der Waals surface area (Å²) in [6, 6.07) is 7.73. The molecular formula is C13H21N3O. The molecule has 0 saturated carbocycles. The number of nitrogen functional groups attached to an aromatic ring is 1. The molecule has 4 heteroatoms. The van der Waals surface area contributed by atoms with E-state index < -0.39 is 0 Å². The molecule has 17 heavy (non-hydrogen) atoms. The first-order valence-corrected chi connectivity index (χ1v) is 5.80. The average molecular weight is 235 g/mol. The van der Waals surface area contributed by atoms with Crippen LogP contribution in [0.5, 0.6) is 0 Å². The van der Waals surface area contributed by atoms with Crippen LogP contribution in [-0.2, 0) is 11.3 Å². The monoisotopic (exact) mass is 235 g/mol. The predicted octanol–water partition coefficient (Wildman–Crippen LogP) is 1.18. The van der Waals surface area contributed by atoms with Gasteiger partial charge in [-0.05, 0) is 25.6 Å². The molecule has 2 N–H and O–H groups in total. The molecule has 94 valence electrons.